The van der Waals surface area contributed by atoms with Gasteiger partial charge in [0.25, 0.3) is 0 Å². The molecule has 3 aromatic rings. The van der Waals surface area contributed by atoms with Crippen molar-refractivity contribution < 1.29 is 19.4 Å². The number of rotatable bonds is 6. The van der Waals surface area contributed by atoms with Gasteiger partial charge in [0.1, 0.15) is 29.7 Å². The summed E-state index contributed by atoms with van der Waals surface area (Å²) in [6.45, 7) is 0.997. The highest BCUT2D eigenvalue weighted by molar-refractivity contribution is 5.88. The first-order chi connectivity index (χ1) is 15.5. The first-order valence-electron chi connectivity index (χ1n) is 10.9. The van der Waals surface area contributed by atoms with E-state index >= 15 is 0 Å². The lowest BCUT2D eigenvalue weighted by molar-refractivity contribution is -0.130. The maximum absolute atomic E-state index is 13.2. The quantitative estimate of drug-likeness (QED) is 0.467. The van der Waals surface area contributed by atoms with Gasteiger partial charge in [-0.05, 0) is 48.4 Å². The minimum atomic E-state index is -1.12. The highest BCUT2D eigenvalue weighted by Crippen LogP contribution is 2.56. The molecule has 1 amide bonds. The number of carbonyl (C=O) groups is 1. The van der Waals surface area contributed by atoms with Crippen molar-refractivity contribution in [2.75, 3.05) is 24.6 Å². The lowest BCUT2D eigenvalue weighted by Gasteiger charge is -2.39. The molecule has 2 aliphatic rings. The van der Waals surface area contributed by atoms with Crippen molar-refractivity contribution >= 4 is 22.8 Å². The smallest absolute Gasteiger partial charge is 0.224 e. The topological polar surface area (TPSA) is 114 Å². The molecule has 1 aromatic carbocycles. The first kappa shape index (κ1) is 20.8. The van der Waals surface area contributed by atoms with Gasteiger partial charge in [0.2, 0.25) is 5.91 Å². The predicted octanol–water partition coefficient (Wildman–Crippen LogP) is 1.91. The highest BCUT2D eigenvalue weighted by Gasteiger charge is 2.55. The molecule has 3 heterocycles. The number of aliphatic hydroxyl groups excluding tert-OH is 2. The lowest BCUT2D eigenvalue weighted by atomic mass is 9.81. The van der Waals surface area contributed by atoms with E-state index in [1.165, 1.54) is 24.3 Å². The van der Waals surface area contributed by atoms with Gasteiger partial charge in [-0.3, -0.25) is 4.79 Å². The zero-order valence-electron chi connectivity index (χ0n) is 17.5. The van der Waals surface area contributed by atoms with Crippen LogP contribution < -0.4 is 10.2 Å². The van der Waals surface area contributed by atoms with Crippen molar-refractivity contribution in [1.29, 1.82) is 0 Å². The van der Waals surface area contributed by atoms with Crippen LogP contribution in [0.2, 0.25) is 0 Å². The molecule has 2 aromatic heterocycles. The number of nitrogens with zero attached hydrogens (tertiary/aromatic N) is 3. The fourth-order valence-corrected chi connectivity index (χ4v) is 4.93. The number of hydrogen-bond donors (Lipinski definition) is 4. The first-order valence-corrected chi connectivity index (χ1v) is 10.9. The van der Waals surface area contributed by atoms with Gasteiger partial charge in [0, 0.05) is 25.2 Å². The van der Waals surface area contributed by atoms with Crippen molar-refractivity contribution in [3.8, 4) is 0 Å². The summed E-state index contributed by atoms with van der Waals surface area (Å²) in [5.74, 6) is 0.114. The van der Waals surface area contributed by atoms with Crippen molar-refractivity contribution in [1.82, 2.24) is 20.3 Å². The Morgan fingerprint density at radius 1 is 1.28 bits per heavy atom. The fraction of sp³-hybridized carbons (Fsp3) is 0.435. The Balaban J connectivity index is 1.29. The summed E-state index contributed by atoms with van der Waals surface area (Å²) in [7, 11) is 0. The average molecular weight is 439 g/mol. The fourth-order valence-electron chi connectivity index (χ4n) is 4.93. The second-order valence-corrected chi connectivity index (χ2v) is 8.86. The number of piperidine rings is 1. The molecule has 3 atom stereocenters. The van der Waals surface area contributed by atoms with E-state index in [9.17, 15) is 19.4 Å². The SMILES string of the molecule is O=C(N[C@@H](CO)[C@H](O)c1ccc(F)cc1)[C@H]1CCN(c2ncnc3[nH]ccc23)CC12CC2. The van der Waals surface area contributed by atoms with E-state index in [0.29, 0.717) is 18.5 Å². The molecule has 32 heavy (non-hydrogen) atoms. The van der Waals surface area contributed by atoms with E-state index in [0.717, 1.165) is 36.2 Å². The van der Waals surface area contributed by atoms with Gasteiger partial charge in [-0.25, -0.2) is 14.4 Å². The van der Waals surface area contributed by atoms with Crippen LogP contribution in [0.1, 0.15) is 30.9 Å². The molecule has 1 saturated heterocycles. The molecule has 0 unspecified atom stereocenters. The number of amides is 1. The van der Waals surface area contributed by atoms with Crippen molar-refractivity contribution in [2.45, 2.75) is 31.4 Å². The van der Waals surface area contributed by atoms with Gasteiger partial charge < -0.3 is 25.4 Å². The van der Waals surface area contributed by atoms with Gasteiger partial charge in [0.05, 0.1) is 18.0 Å². The Morgan fingerprint density at radius 2 is 2.06 bits per heavy atom. The van der Waals surface area contributed by atoms with Crippen LogP contribution in [-0.4, -0.2) is 56.8 Å². The molecule has 1 saturated carbocycles. The van der Waals surface area contributed by atoms with E-state index < -0.39 is 24.6 Å². The van der Waals surface area contributed by atoms with Gasteiger partial charge in [-0.1, -0.05) is 12.1 Å². The maximum atomic E-state index is 13.2. The summed E-state index contributed by atoms with van der Waals surface area (Å²) in [6.07, 6.45) is 4.84. The number of H-pyrrole nitrogens is 1. The van der Waals surface area contributed by atoms with Crippen LogP contribution in [0, 0.1) is 17.2 Å². The van der Waals surface area contributed by atoms with E-state index in [2.05, 4.69) is 25.2 Å². The van der Waals surface area contributed by atoms with Crippen LogP contribution in [0.15, 0.2) is 42.9 Å². The van der Waals surface area contributed by atoms with Gasteiger partial charge >= 0.3 is 0 Å². The zero-order chi connectivity index (χ0) is 22.3. The van der Waals surface area contributed by atoms with E-state index in [1.807, 2.05) is 12.3 Å². The van der Waals surface area contributed by atoms with Crippen LogP contribution in [0.25, 0.3) is 11.0 Å². The second-order valence-electron chi connectivity index (χ2n) is 8.86. The number of aliphatic hydroxyl groups is 2. The van der Waals surface area contributed by atoms with E-state index in [-0.39, 0.29) is 17.2 Å². The monoisotopic (exact) mass is 439 g/mol. The maximum Gasteiger partial charge on any atom is 0.224 e. The number of nitrogens with one attached hydrogen (secondary N) is 2. The van der Waals surface area contributed by atoms with E-state index in [1.54, 1.807) is 6.33 Å². The predicted molar refractivity (Wildman–Crippen MR) is 116 cm³/mol. The number of fused-ring (bicyclic) bond motifs is 1. The molecule has 4 N–H and O–H groups in total. The number of benzene rings is 1. The third-order valence-electron chi connectivity index (χ3n) is 6.89. The summed E-state index contributed by atoms with van der Waals surface area (Å²) in [6, 6.07) is 6.52. The van der Waals surface area contributed by atoms with Crippen molar-refractivity contribution in [2.24, 2.45) is 11.3 Å². The molecule has 1 aliphatic carbocycles. The molecule has 2 fully saturated rings. The van der Waals surface area contributed by atoms with Crippen molar-refractivity contribution in [3.63, 3.8) is 0 Å². The normalized spacial score (nSPS) is 21.5. The van der Waals surface area contributed by atoms with Gasteiger partial charge in [0.15, 0.2) is 0 Å². The summed E-state index contributed by atoms with van der Waals surface area (Å²) in [5, 5.41) is 24.2. The highest BCUT2D eigenvalue weighted by atomic mass is 19.1. The van der Waals surface area contributed by atoms with Crippen LogP contribution in [0.4, 0.5) is 10.2 Å². The number of carbonyl (C=O) groups excluding carboxylic acids is 1. The molecular weight excluding hydrogens is 413 g/mol. The van der Waals surface area contributed by atoms with Crippen LogP contribution in [-0.2, 0) is 4.79 Å². The largest absolute Gasteiger partial charge is 0.394 e. The van der Waals surface area contributed by atoms with Crippen LogP contribution in [0.5, 0.6) is 0 Å². The molecular formula is C23H26FN5O3. The molecule has 168 valence electrons. The zero-order valence-corrected chi connectivity index (χ0v) is 17.5. The number of aromatic nitrogens is 3. The Kier molecular flexibility index (Phi) is 5.30. The standard InChI is InChI=1S/C23H26FN5O3/c24-15-3-1-14(2-4-15)19(31)18(11-30)28-22(32)17-6-10-29(12-23(17)7-8-23)21-16-5-9-25-20(16)26-13-27-21/h1-5,9,13,17-19,30-31H,6-8,10-12H2,(H,28,32)(H,25,26,27)/t17-,18+,19-/m1/s1. The Morgan fingerprint density at radius 3 is 2.78 bits per heavy atom. The summed E-state index contributed by atoms with van der Waals surface area (Å²) >= 11 is 0. The number of anilines is 1. The minimum Gasteiger partial charge on any atom is -0.394 e. The van der Waals surface area contributed by atoms with Gasteiger partial charge in [-0.15, -0.1) is 0 Å². The van der Waals surface area contributed by atoms with Crippen molar-refractivity contribution in [3.05, 3.63) is 54.2 Å². The Labute approximate surface area is 184 Å². The van der Waals surface area contributed by atoms with Gasteiger partial charge in [-0.2, -0.15) is 0 Å². The third-order valence-corrected chi connectivity index (χ3v) is 6.89. The third kappa shape index (κ3) is 3.71. The molecule has 5 rings (SSSR count). The lowest BCUT2D eigenvalue weighted by Crippen LogP contribution is -2.51. The van der Waals surface area contributed by atoms with E-state index in [4.69, 9.17) is 0 Å². The van der Waals surface area contributed by atoms with Crippen LogP contribution >= 0.6 is 0 Å². The molecule has 0 bridgehead atoms. The minimum absolute atomic E-state index is 0.128. The molecule has 8 nitrogen and oxygen atoms in total. The summed E-state index contributed by atoms with van der Waals surface area (Å²) in [4.78, 5) is 27.3. The molecule has 9 heteroatoms. The molecule has 0 radical (unpaired) electrons. The van der Waals surface area contributed by atoms with Crippen LogP contribution in [0.3, 0.4) is 0 Å². The molecule has 1 spiro atoms. The number of halogens is 1. The molecule has 1 aliphatic heterocycles. The summed E-state index contributed by atoms with van der Waals surface area (Å²) in [5.41, 5.74) is 1.11. The second kappa shape index (κ2) is 8.14. The summed E-state index contributed by atoms with van der Waals surface area (Å²) < 4.78 is 13.2. The average Bonchev–Trinajstić information content (AvgIpc) is 3.38. The Hall–Kier alpha value is -3.04. The number of aromatic amines is 1. The number of hydrogen-bond acceptors (Lipinski definition) is 6. The Bertz CT molecular complexity index is 1110.